The molecule has 0 spiro atoms. The number of benzene rings is 4. The van der Waals surface area contributed by atoms with Gasteiger partial charge in [0.2, 0.25) is 5.91 Å². The molecule has 0 unspecified atom stereocenters. The highest BCUT2D eigenvalue weighted by Crippen LogP contribution is 2.45. The van der Waals surface area contributed by atoms with Crippen LogP contribution in [0.15, 0.2) is 103 Å². The number of carbonyl (C=O) groups is 1. The van der Waals surface area contributed by atoms with Crippen molar-refractivity contribution in [2.45, 2.75) is 109 Å². The third kappa shape index (κ3) is 9.75. The molecule has 1 amide bonds. The fourth-order valence-electron chi connectivity index (χ4n) is 7.76. The van der Waals surface area contributed by atoms with Crippen molar-refractivity contribution in [3.63, 3.8) is 0 Å². The van der Waals surface area contributed by atoms with Gasteiger partial charge >= 0.3 is 0 Å². The average Bonchev–Trinajstić information content (AvgIpc) is 3.12. The number of nitrogens with one attached hydrogen (secondary N) is 1. The number of anilines is 1. The van der Waals surface area contributed by atoms with Crippen LogP contribution in [-0.2, 0) is 21.6 Å². The predicted molar refractivity (Wildman–Crippen MR) is 207 cm³/mol. The molecule has 262 valence electrons. The summed E-state index contributed by atoms with van der Waals surface area (Å²) in [5.41, 5.74) is 7.55. The fourth-order valence-corrected chi connectivity index (χ4v) is 7.76. The molecule has 0 aromatic heterocycles. The lowest BCUT2D eigenvalue weighted by Crippen LogP contribution is -2.22. The molecule has 0 saturated heterocycles. The Kier molecular flexibility index (Phi) is 12.3. The number of para-hydroxylation sites is 2. The van der Waals surface area contributed by atoms with Crippen molar-refractivity contribution in [2.24, 2.45) is 5.92 Å². The number of fused-ring (bicyclic) bond motifs is 2. The molecule has 4 heteroatoms. The van der Waals surface area contributed by atoms with Gasteiger partial charge in [-0.1, -0.05) is 157 Å². The van der Waals surface area contributed by atoms with Gasteiger partial charge in [-0.2, -0.15) is 0 Å². The number of rotatable bonds is 14. The third-order valence-corrected chi connectivity index (χ3v) is 10.4. The quantitative estimate of drug-likeness (QED) is 0.136. The zero-order chi connectivity index (χ0) is 34.8. The minimum Gasteiger partial charge on any atom is -0.457 e. The van der Waals surface area contributed by atoms with Crippen LogP contribution in [0.2, 0.25) is 0 Å². The standard InChI is InChI=1S/C46H55NO3/c1-46(2,3)41-28-27-36(29-37(33-49-32-35-20-10-6-11-21-35)22-12-5-9-19-34-17-7-4-8-18-34)30-42(41)47-45(48)31-40-38-23-13-15-25-43(38)50-44-26-16-14-24-39(40)44/h6,10-11,13-16,20-21,23-30,34,40H,4-5,7-9,12,17-19,22,31-33H2,1-3H3,(H,47,48)/b37-29-. The molecule has 0 bridgehead atoms. The Morgan fingerprint density at radius 2 is 1.50 bits per heavy atom. The van der Waals surface area contributed by atoms with Crippen LogP contribution in [0.4, 0.5) is 5.69 Å². The predicted octanol–water partition coefficient (Wildman–Crippen LogP) is 12.4. The lowest BCUT2D eigenvalue weighted by atomic mass is 9.84. The van der Waals surface area contributed by atoms with Gasteiger partial charge in [-0.05, 0) is 64.6 Å². The maximum absolute atomic E-state index is 13.9. The summed E-state index contributed by atoms with van der Waals surface area (Å²) < 4.78 is 12.5. The smallest absolute Gasteiger partial charge is 0.225 e. The van der Waals surface area contributed by atoms with E-state index in [0.717, 1.165) is 51.8 Å². The van der Waals surface area contributed by atoms with E-state index in [-0.39, 0.29) is 17.2 Å². The van der Waals surface area contributed by atoms with Crippen molar-refractivity contribution >= 4 is 17.7 Å². The van der Waals surface area contributed by atoms with Gasteiger partial charge in [0, 0.05) is 29.2 Å². The molecule has 1 N–H and O–H groups in total. The number of hydrogen-bond acceptors (Lipinski definition) is 3. The molecule has 4 aromatic rings. The molecule has 4 nitrogen and oxygen atoms in total. The van der Waals surface area contributed by atoms with Crippen LogP contribution >= 0.6 is 0 Å². The first-order valence-electron chi connectivity index (χ1n) is 18.9. The number of amides is 1. The summed E-state index contributed by atoms with van der Waals surface area (Å²) >= 11 is 0. The summed E-state index contributed by atoms with van der Waals surface area (Å²) in [5.74, 6) is 2.50. The molecule has 1 aliphatic heterocycles. The molecule has 1 aliphatic carbocycles. The van der Waals surface area contributed by atoms with Crippen LogP contribution < -0.4 is 10.1 Å². The van der Waals surface area contributed by atoms with Gasteiger partial charge in [0.25, 0.3) is 0 Å². The minimum absolute atomic E-state index is 0.00230. The molecule has 6 rings (SSSR count). The number of hydrogen-bond donors (Lipinski definition) is 1. The lowest BCUT2D eigenvalue weighted by Gasteiger charge is -2.28. The van der Waals surface area contributed by atoms with E-state index in [2.05, 4.69) is 86.8 Å². The van der Waals surface area contributed by atoms with E-state index in [1.165, 1.54) is 68.9 Å². The van der Waals surface area contributed by atoms with Crippen molar-refractivity contribution < 1.29 is 14.3 Å². The Balaban J connectivity index is 1.18. The van der Waals surface area contributed by atoms with Crippen molar-refractivity contribution in [2.75, 3.05) is 11.9 Å². The molecule has 1 fully saturated rings. The second-order valence-electron chi connectivity index (χ2n) is 15.4. The number of ether oxygens (including phenoxy) is 2. The molecule has 1 saturated carbocycles. The zero-order valence-corrected chi connectivity index (χ0v) is 30.4. The Morgan fingerprint density at radius 1 is 0.820 bits per heavy atom. The molecule has 0 radical (unpaired) electrons. The monoisotopic (exact) mass is 669 g/mol. The normalized spacial score (nSPS) is 15.2. The van der Waals surface area contributed by atoms with Crippen molar-refractivity contribution in [3.05, 3.63) is 130 Å². The number of carbonyl (C=O) groups excluding carboxylic acids is 1. The van der Waals surface area contributed by atoms with Crippen LogP contribution in [0.1, 0.15) is 125 Å². The van der Waals surface area contributed by atoms with Crippen LogP contribution in [0, 0.1) is 5.92 Å². The highest BCUT2D eigenvalue weighted by Gasteiger charge is 2.29. The Hall–Kier alpha value is -4.15. The van der Waals surface area contributed by atoms with Crippen molar-refractivity contribution in [3.8, 4) is 11.5 Å². The van der Waals surface area contributed by atoms with Gasteiger partial charge in [-0.25, -0.2) is 0 Å². The van der Waals surface area contributed by atoms with E-state index in [4.69, 9.17) is 9.47 Å². The van der Waals surface area contributed by atoms with Crippen LogP contribution in [0.5, 0.6) is 11.5 Å². The van der Waals surface area contributed by atoms with E-state index in [9.17, 15) is 4.79 Å². The second kappa shape index (κ2) is 17.2. The van der Waals surface area contributed by atoms with Gasteiger partial charge in [0.1, 0.15) is 11.5 Å². The topological polar surface area (TPSA) is 47.6 Å². The molecule has 0 atom stereocenters. The minimum atomic E-state index is -0.136. The molecule has 2 aliphatic rings. The first-order valence-corrected chi connectivity index (χ1v) is 18.9. The highest BCUT2D eigenvalue weighted by molar-refractivity contribution is 5.93. The summed E-state index contributed by atoms with van der Waals surface area (Å²) in [5, 5.41) is 3.36. The average molecular weight is 670 g/mol. The van der Waals surface area contributed by atoms with Gasteiger partial charge in [-0.3, -0.25) is 4.79 Å². The summed E-state index contributed by atoms with van der Waals surface area (Å²) in [6, 6.07) is 33.1. The molecular weight excluding hydrogens is 615 g/mol. The molecule has 50 heavy (non-hydrogen) atoms. The summed E-state index contributed by atoms with van der Waals surface area (Å²) in [6.45, 7) is 7.81. The third-order valence-electron chi connectivity index (χ3n) is 10.4. The van der Waals surface area contributed by atoms with Crippen LogP contribution in [0.25, 0.3) is 6.08 Å². The van der Waals surface area contributed by atoms with Gasteiger partial charge < -0.3 is 14.8 Å². The van der Waals surface area contributed by atoms with Gasteiger partial charge in [-0.15, -0.1) is 0 Å². The Labute approximate surface area is 300 Å². The van der Waals surface area contributed by atoms with E-state index >= 15 is 0 Å². The Morgan fingerprint density at radius 3 is 2.20 bits per heavy atom. The molecule has 4 aromatic carbocycles. The van der Waals surface area contributed by atoms with Gasteiger partial charge in [0.05, 0.1) is 13.2 Å². The first kappa shape index (κ1) is 35.7. The second-order valence-corrected chi connectivity index (χ2v) is 15.4. The number of unbranched alkanes of at least 4 members (excludes halogenated alkanes) is 2. The molecule has 1 heterocycles. The summed E-state index contributed by atoms with van der Waals surface area (Å²) in [6.07, 6.45) is 15.9. The largest absolute Gasteiger partial charge is 0.457 e. The van der Waals surface area contributed by atoms with E-state index in [0.29, 0.717) is 19.6 Å². The Bertz CT molecular complexity index is 1680. The van der Waals surface area contributed by atoms with Crippen molar-refractivity contribution in [1.82, 2.24) is 0 Å². The highest BCUT2D eigenvalue weighted by atomic mass is 16.5. The zero-order valence-electron chi connectivity index (χ0n) is 30.4. The maximum Gasteiger partial charge on any atom is 0.225 e. The maximum atomic E-state index is 13.9. The van der Waals surface area contributed by atoms with Crippen LogP contribution in [-0.4, -0.2) is 12.5 Å². The fraction of sp³-hybridized carbons (Fsp3) is 0.413. The van der Waals surface area contributed by atoms with E-state index in [1.54, 1.807) is 0 Å². The van der Waals surface area contributed by atoms with Crippen LogP contribution in [0.3, 0.4) is 0 Å². The van der Waals surface area contributed by atoms with E-state index in [1.807, 2.05) is 42.5 Å². The lowest BCUT2D eigenvalue weighted by molar-refractivity contribution is -0.116. The van der Waals surface area contributed by atoms with Crippen molar-refractivity contribution in [1.29, 1.82) is 0 Å². The first-order chi connectivity index (χ1) is 24.3. The molecular formula is C46H55NO3. The summed E-state index contributed by atoms with van der Waals surface area (Å²) in [4.78, 5) is 13.9. The van der Waals surface area contributed by atoms with E-state index < -0.39 is 0 Å². The van der Waals surface area contributed by atoms with Gasteiger partial charge in [0.15, 0.2) is 0 Å². The SMILES string of the molecule is CC(C)(C)c1ccc(/C=C(/CCCCCC2CCCCC2)COCc2ccccc2)cc1NC(=O)CC1c2ccccc2Oc2ccccc21. The summed E-state index contributed by atoms with van der Waals surface area (Å²) in [7, 11) is 0.